The molecule has 32 heavy (non-hydrogen) atoms. The number of amides is 1. The third-order valence-electron chi connectivity index (χ3n) is 4.84. The van der Waals surface area contributed by atoms with Gasteiger partial charge in [-0.25, -0.2) is 9.78 Å². The predicted molar refractivity (Wildman–Crippen MR) is 109 cm³/mol. The fraction of sp³-hybridized carbons (Fsp3) is 0.333. The Balaban J connectivity index is 0.000000360. The van der Waals surface area contributed by atoms with Gasteiger partial charge in [0, 0.05) is 26.2 Å². The van der Waals surface area contributed by atoms with Gasteiger partial charge in [-0.05, 0) is 36.2 Å². The number of carbonyl (C=O) groups is 2. The van der Waals surface area contributed by atoms with Gasteiger partial charge in [-0.3, -0.25) is 9.59 Å². The van der Waals surface area contributed by atoms with E-state index in [1.165, 1.54) is 6.07 Å². The lowest BCUT2D eigenvalue weighted by atomic mass is 10.1. The third kappa shape index (κ3) is 5.05. The van der Waals surface area contributed by atoms with Crippen molar-refractivity contribution in [2.24, 2.45) is 0 Å². The van der Waals surface area contributed by atoms with E-state index in [2.05, 4.69) is 17.2 Å². The first-order valence-electron chi connectivity index (χ1n) is 9.78. The number of aliphatic carboxylic acids is 1. The van der Waals surface area contributed by atoms with E-state index in [0.717, 1.165) is 30.6 Å². The van der Waals surface area contributed by atoms with E-state index in [9.17, 15) is 22.8 Å². The summed E-state index contributed by atoms with van der Waals surface area (Å²) in [6, 6.07) is 8.81. The molecular weight excluding hydrogens is 431 g/mol. The fourth-order valence-electron chi connectivity index (χ4n) is 3.17. The number of carboxylic acid groups (broad SMARTS) is 1. The number of carbonyl (C=O) groups excluding carboxylic acids is 1. The zero-order chi connectivity index (χ0) is 23.5. The number of rotatable bonds is 2. The summed E-state index contributed by atoms with van der Waals surface area (Å²) < 4.78 is 37.7. The number of fused-ring (bicyclic) bond motifs is 2. The van der Waals surface area contributed by atoms with Crippen LogP contribution in [0.4, 0.5) is 13.2 Å². The van der Waals surface area contributed by atoms with Gasteiger partial charge in [0.05, 0.1) is 0 Å². The largest absolute Gasteiger partial charge is 0.490 e. The first-order valence-corrected chi connectivity index (χ1v) is 9.78. The van der Waals surface area contributed by atoms with Crippen molar-refractivity contribution in [2.45, 2.75) is 19.5 Å². The molecule has 8 nitrogen and oxygen atoms in total. The molecule has 1 amide bonds. The number of nitrogens with one attached hydrogen (secondary N) is 1. The zero-order valence-electron chi connectivity index (χ0n) is 17.0. The number of aromatic nitrogens is 1. The van der Waals surface area contributed by atoms with Crippen LogP contribution in [0.3, 0.4) is 0 Å². The van der Waals surface area contributed by atoms with E-state index in [1.807, 2.05) is 18.2 Å². The first kappa shape index (κ1) is 23.2. The van der Waals surface area contributed by atoms with Crippen molar-refractivity contribution in [3.8, 4) is 11.5 Å². The minimum absolute atomic E-state index is 0.0772. The fourth-order valence-corrected chi connectivity index (χ4v) is 3.17. The highest BCUT2D eigenvalue weighted by Gasteiger charge is 2.38. The second-order valence-electron chi connectivity index (χ2n) is 7.00. The monoisotopic (exact) mass is 451 g/mol. The maximum Gasteiger partial charge on any atom is 0.490 e. The Labute approximate surface area is 180 Å². The van der Waals surface area contributed by atoms with Gasteiger partial charge in [0.2, 0.25) is 0 Å². The van der Waals surface area contributed by atoms with Crippen LogP contribution < -0.4 is 10.7 Å². The summed E-state index contributed by atoms with van der Waals surface area (Å²) in [6.45, 7) is 4.68. The van der Waals surface area contributed by atoms with E-state index in [-0.39, 0.29) is 22.7 Å². The topological polar surface area (TPSA) is 113 Å². The van der Waals surface area contributed by atoms with E-state index in [1.54, 1.807) is 11.0 Å². The molecule has 1 fully saturated rings. The van der Waals surface area contributed by atoms with Gasteiger partial charge < -0.3 is 19.7 Å². The van der Waals surface area contributed by atoms with Gasteiger partial charge in [0.25, 0.3) is 5.91 Å². The number of aryl methyl sites for hydroxylation is 1. The molecule has 1 saturated heterocycles. The van der Waals surface area contributed by atoms with Crippen LogP contribution in [-0.2, 0) is 11.2 Å². The SMILES string of the molecule is CCc1ccc2oc3c(C(=O)N4CCNCC4)c(=O)ccc-3nc2c1.O=C(O)C(F)(F)F. The second-order valence-corrected chi connectivity index (χ2v) is 7.00. The van der Waals surface area contributed by atoms with Crippen LogP contribution >= 0.6 is 0 Å². The van der Waals surface area contributed by atoms with Gasteiger partial charge in [0.1, 0.15) is 16.8 Å². The van der Waals surface area contributed by atoms with Gasteiger partial charge in [-0.2, -0.15) is 13.2 Å². The molecule has 1 aromatic carbocycles. The first-order chi connectivity index (χ1) is 15.1. The average Bonchev–Trinajstić information content (AvgIpc) is 2.77. The minimum atomic E-state index is -5.08. The molecule has 4 rings (SSSR count). The summed E-state index contributed by atoms with van der Waals surface area (Å²) in [5.41, 5.74) is 2.74. The Hall–Kier alpha value is -3.47. The van der Waals surface area contributed by atoms with E-state index in [0.29, 0.717) is 24.4 Å². The number of piperazine rings is 1. The van der Waals surface area contributed by atoms with Crippen LogP contribution in [0.25, 0.3) is 22.6 Å². The van der Waals surface area contributed by atoms with Crippen LogP contribution in [0.1, 0.15) is 22.8 Å². The molecule has 2 aliphatic heterocycles. The summed E-state index contributed by atoms with van der Waals surface area (Å²) >= 11 is 0. The highest BCUT2D eigenvalue weighted by atomic mass is 19.4. The minimum Gasteiger partial charge on any atom is -0.475 e. The number of carboxylic acids is 1. The van der Waals surface area contributed by atoms with Crippen LogP contribution in [-0.4, -0.2) is 59.2 Å². The maximum atomic E-state index is 12.9. The van der Waals surface area contributed by atoms with Gasteiger partial charge in [-0.1, -0.05) is 13.0 Å². The van der Waals surface area contributed by atoms with Gasteiger partial charge in [-0.15, -0.1) is 0 Å². The molecule has 2 heterocycles. The molecular formula is C21H20F3N3O5. The second kappa shape index (κ2) is 9.35. The van der Waals surface area contributed by atoms with Crippen molar-refractivity contribution in [2.75, 3.05) is 26.2 Å². The summed E-state index contributed by atoms with van der Waals surface area (Å²) in [7, 11) is 0. The standard InChI is InChI=1S/C19H19N3O3.C2HF3O2/c1-2-12-3-6-16-14(11-12)21-13-4-5-15(23)17(18(13)25-16)19(24)22-9-7-20-8-10-22;3-2(4,5)1(6)7/h3-6,11,20H,2,7-10H2,1H3;(H,6,7). The third-order valence-corrected chi connectivity index (χ3v) is 4.84. The number of benzene rings is 2. The quantitative estimate of drug-likeness (QED) is 0.576. The molecule has 0 aromatic heterocycles. The van der Waals surface area contributed by atoms with Crippen molar-refractivity contribution in [3.05, 3.63) is 51.7 Å². The highest BCUT2D eigenvalue weighted by Crippen LogP contribution is 2.28. The van der Waals surface area contributed by atoms with Gasteiger partial charge in [0.15, 0.2) is 16.8 Å². The summed E-state index contributed by atoms with van der Waals surface area (Å²) in [6.07, 6.45) is -4.18. The molecule has 0 radical (unpaired) electrons. The molecule has 3 aliphatic rings. The number of nitrogens with zero attached hydrogens (tertiary/aromatic N) is 2. The van der Waals surface area contributed by atoms with Crippen LogP contribution in [0.2, 0.25) is 0 Å². The molecule has 0 unspecified atom stereocenters. The van der Waals surface area contributed by atoms with Crippen LogP contribution in [0, 0.1) is 0 Å². The number of alkyl halides is 3. The molecule has 0 atom stereocenters. The lowest BCUT2D eigenvalue weighted by molar-refractivity contribution is -0.192. The van der Waals surface area contributed by atoms with E-state index < -0.39 is 12.1 Å². The Morgan fingerprint density at radius 2 is 1.84 bits per heavy atom. The Bertz CT molecular complexity index is 1170. The van der Waals surface area contributed by atoms with Crippen molar-refractivity contribution in [3.63, 3.8) is 0 Å². The molecule has 170 valence electrons. The molecule has 0 spiro atoms. The van der Waals surface area contributed by atoms with Crippen molar-refractivity contribution in [1.29, 1.82) is 0 Å². The molecule has 11 heteroatoms. The highest BCUT2D eigenvalue weighted by molar-refractivity contribution is 6.00. The average molecular weight is 451 g/mol. The number of hydrogen-bond donors (Lipinski definition) is 2. The van der Waals surface area contributed by atoms with Crippen molar-refractivity contribution in [1.82, 2.24) is 15.2 Å². The predicted octanol–water partition coefficient (Wildman–Crippen LogP) is 2.53. The molecule has 0 saturated carbocycles. The molecule has 2 N–H and O–H groups in total. The molecule has 1 aliphatic carbocycles. The van der Waals surface area contributed by atoms with E-state index >= 15 is 0 Å². The summed E-state index contributed by atoms with van der Waals surface area (Å²) in [5, 5.41) is 10.3. The molecule has 0 bridgehead atoms. The Kier molecular flexibility index (Phi) is 6.78. The Morgan fingerprint density at radius 1 is 1.19 bits per heavy atom. The lowest BCUT2D eigenvalue weighted by Gasteiger charge is -2.27. The lowest BCUT2D eigenvalue weighted by Crippen LogP contribution is -2.47. The zero-order valence-corrected chi connectivity index (χ0v) is 17.0. The van der Waals surface area contributed by atoms with Crippen LogP contribution in [0.5, 0.6) is 0 Å². The number of hydrogen-bond acceptors (Lipinski definition) is 6. The summed E-state index contributed by atoms with van der Waals surface area (Å²) in [4.78, 5) is 40.5. The van der Waals surface area contributed by atoms with Gasteiger partial charge >= 0.3 is 12.1 Å². The Morgan fingerprint density at radius 3 is 2.44 bits per heavy atom. The number of halogens is 3. The van der Waals surface area contributed by atoms with Crippen molar-refractivity contribution < 1.29 is 32.3 Å². The maximum absolute atomic E-state index is 12.9. The van der Waals surface area contributed by atoms with Crippen LogP contribution in [0.15, 0.2) is 39.5 Å². The van der Waals surface area contributed by atoms with Crippen molar-refractivity contribution >= 4 is 23.0 Å². The van der Waals surface area contributed by atoms with E-state index in [4.69, 9.17) is 14.3 Å². The molecule has 1 aromatic rings. The summed E-state index contributed by atoms with van der Waals surface area (Å²) in [5.74, 6) is -2.77. The smallest absolute Gasteiger partial charge is 0.475 e. The normalized spacial score (nSPS) is 14.2.